The van der Waals surface area contributed by atoms with Gasteiger partial charge in [-0.3, -0.25) is 24.2 Å². The molecule has 0 radical (unpaired) electrons. The number of hydrogen-bond donors (Lipinski definition) is 0. The molecule has 7 heteroatoms. The van der Waals surface area contributed by atoms with Crippen molar-refractivity contribution in [3.05, 3.63) is 60.5 Å². The molecule has 1 fully saturated rings. The number of aromatic nitrogens is 1. The molecule has 30 heavy (non-hydrogen) atoms. The average molecular weight is 422 g/mol. The van der Waals surface area contributed by atoms with Gasteiger partial charge in [-0.1, -0.05) is 48.6 Å². The maximum absolute atomic E-state index is 12.9. The quantitative estimate of drug-likeness (QED) is 0.505. The van der Waals surface area contributed by atoms with Crippen molar-refractivity contribution in [2.24, 2.45) is 11.8 Å². The van der Waals surface area contributed by atoms with E-state index in [9.17, 15) is 14.4 Å². The van der Waals surface area contributed by atoms with Gasteiger partial charge < -0.3 is 0 Å². The van der Waals surface area contributed by atoms with E-state index >= 15 is 0 Å². The van der Waals surface area contributed by atoms with Crippen molar-refractivity contribution in [2.75, 3.05) is 18.0 Å². The Labute approximate surface area is 179 Å². The number of imide groups is 1. The third kappa shape index (κ3) is 3.85. The third-order valence-corrected chi connectivity index (χ3v) is 6.42. The van der Waals surface area contributed by atoms with Crippen LogP contribution >= 0.6 is 11.3 Å². The summed E-state index contributed by atoms with van der Waals surface area (Å²) in [5.74, 6) is -1.03. The summed E-state index contributed by atoms with van der Waals surface area (Å²) in [6.07, 6.45) is 6.83. The Kier molecular flexibility index (Phi) is 5.90. The molecule has 4 rings (SSSR count). The lowest BCUT2D eigenvalue weighted by atomic mass is 9.85. The Balaban J connectivity index is 1.44. The number of thiazole rings is 1. The molecule has 1 aliphatic heterocycles. The molecule has 1 aliphatic carbocycles. The maximum atomic E-state index is 12.9. The van der Waals surface area contributed by atoms with Crippen LogP contribution in [0.1, 0.15) is 19.3 Å². The van der Waals surface area contributed by atoms with Gasteiger partial charge in [-0.25, -0.2) is 4.98 Å². The van der Waals surface area contributed by atoms with Gasteiger partial charge in [0.05, 0.1) is 17.5 Å². The second-order valence-corrected chi connectivity index (χ2v) is 8.24. The van der Waals surface area contributed by atoms with Gasteiger partial charge in [0.15, 0.2) is 5.13 Å². The monoisotopic (exact) mass is 421 g/mol. The first-order chi connectivity index (χ1) is 14.6. The van der Waals surface area contributed by atoms with Crippen molar-refractivity contribution < 1.29 is 14.4 Å². The van der Waals surface area contributed by atoms with E-state index in [2.05, 4.69) is 11.6 Å². The van der Waals surface area contributed by atoms with Crippen LogP contribution in [0.15, 0.2) is 60.5 Å². The Morgan fingerprint density at radius 2 is 1.83 bits per heavy atom. The lowest BCUT2D eigenvalue weighted by molar-refractivity contribution is -0.140. The first-order valence-corrected chi connectivity index (χ1v) is 10.9. The van der Waals surface area contributed by atoms with Crippen LogP contribution < -0.4 is 4.90 Å². The molecule has 0 spiro atoms. The number of benzene rings is 1. The van der Waals surface area contributed by atoms with Crippen molar-refractivity contribution in [1.82, 2.24) is 9.88 Å². The van der Waals surface area contributed by atoms with Crippen LogP contribution in [-0.4, -0.2) is 40.7 Å². The minimum absolute atomic E-state index is 0.0679. The van der Waals surface area contributed by atoms with E-state index in [1.807, 2.05) is 47.9 Å². The number of fused-ring (bicyclic) bond motifs is 1. The van der Waals surface area contributed by atoms with Crippen LogP contribution in [0.5, 0.6) is 0 Å². The van der Waals surface area contributed by atoms with E-state index in [0.29, 0.717) is 24.5 Å². The van der Waals surface area contributed by atoms with E-state index in [-0.39, 0.29) is 42.5 Å². The molecule has 1 aromatic carbocycles. The van der Waals surface area contributed by atoms with Crippen molar-refractivity contribution in [2.45, 2.75) is 19.3 Å². The Hall–Kier alpha value is -3.06. The fraction of sp³-hybridized carbons (Fsp3) is 0.304. The molecule has 0 bridgehead atoms. The minimum atomic E-state index is -0.269. The molecule has 0 N–H and O–H groups in total. The number of carbonyl (C=O) groups is 3. The second-order valence-electron chi connectivity index (χ2n) is 7.41. The number of allylic oxidation sites excluding steroid dienone is 2. The highest BCUT2D eigenvalue weighted by Crippen LogP contribution is 2.35. The van der Waals surface area contributed by atoms with Crippen molar-refractivity contribution in [3.8, 4) is 11.3 Å². The predicted molar refractivity (Wildman–Crippen MR) is 117 cm³/mol. The van der Waals surface area contributed by atoms with Crippen molar-refractivity contribution in [3.63, 3.8) is 0 Å². The van der Waals surface area contributed by atoms with Crippen LogP contribution in [0.2, 0.25) is 0 Å². The van der Waals surface area contributed by atoms with E-state index in [1.54, 1.807) is 11.0 Å². The number of anilines is 1. The zero-order chi connectivity index (χ0) is 21.1. The fourth-order valence-corrected chi connectivity index (χ4v) is 4.84. The van der Waals surface area contributed by atoms with Crippen LogP contribution in [0.25, 0.3) is 11.3 Å². The molecule has 0 saturated carbocycles. The number of hydrogen-bond acceptors (Lipinski definition) is 5. The van der Waals surface area contributed by atoms with Gasteiger partial charge in [-0.05, 0) is 12.8 Å². The molecular formula is C23H23N3O3S. The number of amides is 3. The molecule has 1 aromatic heterocycles. The Bertz CT molecular complexity index is 972. The van der Waals surface area contributed by atoms with Crippen LogP contribution in [-0.2, 0) is 14.4 Å². The third-order valence-electron chi connectivity index (χ3n) is 5.55. The standard InChI is InChI=1S/C23H23N3O3S/c1-2-13-25(23-24-19(15-30-23)16-8-4-3-5-9-16)20(27)12-14-26-21(28)17-10-6-7-11-18(17)22(26)29/h2-9,15,17-18H,1,10-14H2/t17-,18+. The topological polar surface area (TPSA) is 70.6 Å². The molecule has 1 saturated heterocycles. The number of likely N-dealkylation sites (tertiary alicyclic amines) is 1. The largest absolute Gasteiger partial charge is 0.284 e. The lowest BCUT2D eigenvalue weighted by Crippen LogP contribution is -2.37. The van der Waals surface area contributed by atoms with Gasteiger partial charge in [0.25, 0.3) is 0 Å². The van der Waals surface area contributed by atoms with Gasteiger partial charge >= 0.3 is 0 Å². The SMILES string of the molecule is C=CCN(C(=O)CCN1C(=O)[C@H]2CC=CC[C@H]2C1=O)c1nc(-c2ccccc2)cs1. The maximum Gasteiger partial charge on any atom is 0.233 e. The lowest BCUT2D eigenvalue weighted by Gasteiger charge is -2.20. The van der Waals surface area contributed by atoms with Crippen LogP contribution in [0.4, 0.5) is 5.13 Å². The Morgan fingerprint density at radius 1 is 1.17 bits per heavy atom. The smallest absolute Gasteiger partial charge is 0.233 e. The summed E-state index contributed by atoms with van der Waals surface area (Å²) in [6, 6.07) is 9.77. The summed E-state index contributed by atoms with van der Waals surface area (Å²) in [5, 5.41) is 2.50. The molecular weight excluding hydrogens is 398 g/mol. The Morgan fingerprint density at radius 3 is 2.47 bits per heavy atom. The zero-order valence-electron chi connectivity index (χ0n) is 16.6. The zero-order valence-corrected chi connectivity index (χ0v) is 17.4. The van der Waals surface area contributed by atoms with Gasteiger partial charge in [-0.15, -0.1) is 17.9 Å². The van der Waals surface area contributed by atoms with Gasteiger partial charge in [0.1, 0.15) is 0 Å². The number of carbonyl (C=O) groups excluding carboxylic acids is 3. The average Bonchev–Trinajstić information content (AvgIpc) is 3.35. The molecule has 2 aliphatic rings. The first kappa shape index (κ1) is 20.2. The summed E-state index contributed by atoms with van der Waals surface area (Å²) < 4.78 is 0. The first-order valence-electron chi connectivity index (χ1n) is 10.0. The fourth-order valence-electron chi connectivity index (χ4n) is 3.98. The van der Waals surface area contributed by atoms with E-state index in [4.69, 9.17) is 0 Å². The summed E-state index contributed by atoms with van der Waals surface area (Å²) in [7, 11) is 0. The molecule has 2 heterocycles. The van der Waals surface area contributed by atoms with Gasteiger partial charge in [-0.2, -0.15) is 0 Å². The molecule has 2 atom stereocenters. The van der Waals surface area contributed by atoms with E-state index < -0.39 is 0 Å². The molecule has 6 nitrogen and oxygen atoms in total. The highest BCUT2D eigenvalue weighted by Gasteiger charge is 2.47. The summed E-state index contributed by atoms with van der Waals surface area (Å²) in [4.78, 5) is 45.6. The normalized spacial score (nSPS) is 20.3. The number of nitrogens with zero attached hydrogens (tertiary/aromatic N) is 3. The number of rotatable bonds is 7. The van der Waals surface area contributed by atoms with Crippen molar-refractivity contribution >= 4 is 34.2 Å². The highest BCUT2D eigenvalue weighted by atomic mass is 32.1. The van der Waals surface area contributed by atoms with E-state index in [0.717, 1.165) is 11.3 Å². The van der Waals surface area contributed by atoms with Crippen LogP contribution in [0, 0.1) is 11.8 Å². The van der Waals surface area contributed by atoms with Crippen molar-refractivity contribution in [1.29, 1.82) is 0 Å². The predicted octanol–water partition coefficient (Wildman–Crippen LogP) is 3.67. The van der Waals surface area contributed by atoms with Gasteiger partial charge in [0, 0.05) is 30.5 Å². The van der Waals surface area contributed by atoms with Gasteiger partial charge in [0.2, 0.25) is 17.7 Å². The minimum Gasteiger partial charge on any atom is -0.284 e. The molecule has 0 unspecified atom stereocenters. The second kappa shape index (κ2) is 8.75. The molecule has 3 amide bonds. The molecule has 2 aromatic rings. The summed E-state index contributed by atoms with van der Waals surface area (Å²) in [6.45, 7) is 4.16. The summed E-state index contributed by atoms with van der Waals surface area (Å²) in [5.41, 5.74) is 1.79. The highest BCUT2D eigenvalue weighted by molar-refractivity contribution is 7.14. The van der Waals surface area contributed by atoms with E-state index in [1.165, 1.54) is 16.2 Å². The summed E-state index contributed by atoms with van der Waals surface area (Å²) >= 11 is 1.39. The molecule has 154 valence electrons. The van der Waals surface area contributed by atoms with Crippen LogP contribution in [0.3, 0.4) is 0 Å².